The van der Waals surface area contributed by atoms with Gasteiger partial charge in [-0.2, -0.15) is 0 Å². The van der Waals surface area contributed by atoms with E-state index in [-0.39, 0.29) is 16.7 Å². The molecule has 108 valence electrons. The van der Waals surface area contributed by atoms with E-state index in [2.05, 4.69) is 5.32 Å². The summed E-state index contributed by atoms with van der Waals surface area (Å²) in [4.78, 5) is -0.178. The first-order valence-corrected chi connectivity index (χ1v) is 7.97. The zero-order chi connectivity index (χ0) is 14.5. The molecule has 3 nitrogen and oxygen atoms in total. The molecule has 0 radical (unpaired) electrons. The molecule has 0 saturated carbocycles. The third kappa shape index (κ3) is 4.54. The molecular weight excluding hydrogens is 272 g/mol. The normalized spacial score (nSPS) is 13.5. The zero-order valence-corrected chi connectivity index (χ0v) is 11.9. The van der Waals surface area contributed by atoms with Gasteiger partial charge in [0.2, 0.25) is 0 Å². The summed E-state index contributed by atoms with van der Waals surface area (Å²) in [6.07, 6.45) is 1.56. The van der Waals surface area contributed by atoms with Crippen LogP contribution in [-0.2, 0) is 9.84 Å². The van der Waals surface area contributed by atoms with Crippen molar-refractivity contribution in [2.75, 3.05) is 12.3 Å². The number of nitrogens with one attached hydrogen (secondary N) is 1. The molecule has 0 fully saturated rings. The van der Waals surface area contributed by atoms with Crippen molar-refractivity contribution in [1.82, 2.24) is 5.32 Å². The quantitative estimate of drug-likeness (QED) is 0.785. The summed E-state index contributed by atoms with van der Waals surface area (Å²) < 4.78 is 50.1. The predicted octanol–water partition coefficient (Wildman–Crippen LogP) is 2.52. The van der Waals surface area contributed by atoms with E-state index in [1.807, 2.05) is 13.8 Å². The summed E-state index contributed by atoms with van der Waals surface area (Å²) in [5, 5.41) is 3.12. The van der Waals surface area contributed by atoms with Crippen LogP contribution in [0.5, 0.6) is 0 Å². The summed E-state index contributed by atoms with van der Waals surface area (Å²) in [5.74, 6) is -2.31. The van der Waals surface area contributed by atoms with Gasteiger partial charge in [0.1, 0.15) is 0 Å². The van der Waals surface area contributed by atoms with E-state index in [0.717, 1.165) is 31.2 Å². The molecule has 1 N–H and O–H groups in total. The molecule has 0 amide bonds. The third-order valence-corrected chi connectivity index (χ3v) is 4.66. The minimum atomic E-state index is -3.61. The summed E-state index contributed by atoms with van der Waals surface area (Å²) in [6.45, 7) is 4.60. The number of benzene rings is 1. The van der Waals surface area contributed by atoms with Crippen molar-refractivity contribution in [1.29, 1.82) is 0 Å². The molecule has 0 bridgehead atoms. The van der Waals surface area contributed by atoms with Crippen molar-refractivity contribution < 1.29 is 17.2 Å². The number of halogens is 2. The van der Waals surface area contributed by atoms with E-state index in [9.17, 15) is 17.2 Å². The van der Waals surface area contributed by atoms with Gasteiger partial charge in [-0.05, 0) is 37.6 Å². The lowest BCUT2D eigenvalue weighted by Gasteiger charge is -2.16. The molecule has 1 atom stereocenters. The van der Waals surface area contributed by atoms with E-state index in [1.165, 1.54) is 0 Å². The minimum absolute atomic E-state index is 0.116. The summed E-state index contributed by atoms with van der Waals surface area (Å²) in [5.41, 5.74) is 0. The van der Waals surface area contributed by atoms with Gasteiger partial charge in [-0.15, -0.1) is 0 Å². The van der Waals surface area contributed by atoms with E-state index in [1.54, 1.807) is 0 Å². The fourth-order valence-corrected chi connectivity index (χ4v) is 3.34. The lowest BCUT2D eigenvalue weighted by Crippen LogP contribution is -2.35. The van der Waals surface area contributed by atoms with Crippen LogP contribution in [-0.4, -0.2) is 26.8 Å². The van der Waals surface area contributed by atoms with Gasteiger partial charge in [0, 0.05) is 6.04 Å². The van der Waals surface area contributed by atoms with Crippen molar-refractivity contribution >= 4 is 9.84 Å². The van der Waals surface area contributed by atoms with Crippen LogP contribution in [0.4, 0.5) is 8.78 Å². The first-order valence-electron chi connectivity index (χ1n) is 6.32. The average molecular weight is 291 g/mol. The smallest absolute Gasteiger partial charge is 0.180 e. The van der Waals surface area contributed by atoms with Gasteiger partial charge < -0.3 is 5.32 Å². The Morgan fingerprint density at radius 2 is 1.89 bits per heavy atom. The highest BCUT2D eigenvalue weighted by Crippen LogP contribution is 2.16. The van der Waals surface area contributed by atoms with Gasteiger partial charge in [-0.25, -0.2) is 17.2 Å². The van der Waals surface area contributed by atoms with Crippen molar-refractivity contribution in [3.05, 3.63) is 29.8 Å². The molecule has 6 heteroatoms. The second kappa shape index (κ2) is 6.96. The Labute approximate surface area is 112 Å². The molecule has 0 heterocycles. The van der Waals surface area contributed by atoms with Crippen LogP contribution in [0.2, 0.25) is 0 Å². The van der Waals surface area contributed by atoms with Crippen LogP contribution in [0.3, 0.4) is 0 Å². The van der Waals surface area contributed by atoms with Gasteiger partial charge in [-0.3, -0.25) is 0 Å². The lowest BCUT2D eigenvalue weighted by atomic mass is 10.2. The molecule has 1 unspecified atom stereocenters. The van der Waals surface area contributed by atoms with Crippen LogP contribution in [0.1, 0.15) is 26.7 Å². The van der Waals surface area contributed by atoms with Crippen molar-refractivity contribution in [3.8, 4) is 0 Å². The second-order valence-electron chi connectivity index (χ2n) is 4.42. The standard InChI is InChI=1S/C13H19F2NO2S/c1-3-7-16-10(4-2)9-19(17,18)11-5-6-12(14)13(15)8-11/h5-6,8,10,16H,3-4,7,9H2,1-2H3. The molecule has 0 aliphatic heterocycles. The van der Waals surface area contributed by atoms with Gasteiger partial charge >= 0.3 is 0 Å². The van der Waals surface area contributed by atoms with Crippen molar-refractivity contribution in [2.45, 2.75) is 37.6 Å². The first-order chi connectivity index (χ1) is 8.90. The van der Waals surface area contributed by atoms with Gasteiger partial charge in [0.25, 0.3) is 0 Å². The molecular formula is C13H19F2NO2S. The first kappa shape index (κ1) is 16.0. The fourth-order valence-electron chi connectivity index (χ4n) is 1.70. The van der Waals surface area contributed by atoms with E-state index in [4.69, 9.17) is 0 Å². The molecule has 0 aliphatic rings. The molecule has 0 saturated heterocycles. The number of hydrogen-bond donors (Lipinski definition) is 1. The molecule has 0 spiro atoms. The molecule has 0 aliphatic carbocycles. The van der Waals surface area contributed by atoms with Gasteiger partial charge in [-0.1, -0.05) is 13.8 Å². The Morgan fingerprint density at radius 3 is 2.42 bits per heavy atom. The Hall–Kier alpha value is -1.01. The molecule has 0 aromatic heterocycles. The SMILES string of the molecule is CCCNC(CC)CS(=O)(=O)c1ccc(F)c(F)c1. The molecule has 19 heavy (non-hydrogen) atoms. The van der Waals surface area contributed by atoms with Crippen molar-refractivity contribution in [3.63, 3.8) is 0 Å². The Morgan fingerprint density at radius 1 is 1.21 bits per heavy atom. The van der Waals surface area contributed by atoms with Gasteiger partial charge in [0.15, 0.2) is 21.5 Å². The predicted molar refractivity (Wildman–Crippen MR) is 70.8 cm³/mol. The Balaban J connectivity index is 2.87. The van der Waals surface area contributed by atoms with E-state index < -0.39 is 21.5 Å². The summed E-state index contributed by atoms with van der Waals surface area (Å²) in [6, 6.07) is 2.48. The average Bonchev–Trinajstić information content (AvgIpc) is 2.37. The van der Waals surface area contributed by atoms with Crippen LogP contribution in [0.25, 0.3) is 0 Å². The Kier molecular flexibility index (Phi) is 5.87. The highest BCUT2D eigenvalue weighted by Gasteiger charge is 2.21. The maximum Gasteiger partial charge on any atom is 0.180 e. The highest BCUT2D eigenvalue weighted by molar-refractivity contribution is 7.91. The topological polar surface area (TPSA) is 46.2 Å². The van der Waals surface area contributed by atoms with Crippen LogP contribution in [0.15, 0.2) is 23.1 Å². The molecule has 1 rings (SSSR count). The van der Waals surface area contributed by atoms with Gasteiger partial charge in [0.05, 0.1) is 10.6 Å². The lowest BCUT2D eigenvalue weighted by molar-refractivity contribution is 0.502. The molecule has 1 aromatic carbocycles. The van der Waals surface area contributed by atoms with Crippen LogP contribution < -0.4 is 5.32 Å². The third-order valence-electron chi connectivity index (χ3n) is 2.85. The molecule has 1 aromatic rings. The van der Waals surface area contributed by atoms with Crippen molar-refractivity contribution in [2.24, 2.45) is 0 Å². The summed E-state index contributed by atoms with van der Waals surface area (Å²) in [7, 11) is -3.61. The largest absolute Gasteiger partial charge is 0.313 e. The van der Waals surface area contributed by atoms with E-state index >= 15 is 0 Å². The highest BCUT2D eigenvalue weighted by atomic mass is 32.2. The fraction of sp³-hybridized carbons (Fsp3) is 0.538. The number of hydrogen-bond acceptors (Lipinski definition) is 3. The number of sulfone groups is 1. The Bertz CT molecular complexity index is 517. The summed E-state index contributed by atoms with van der Waals surface area (Å²) >= 11 is 0. The van der Waals surface area contributed by atoms with Crippen LogP contribution in [0, 0.1) is 11.6 Å². The zero-order valence-electron chi connectivity index (χ0n) is 11.1. The van der Waals surface area contributed by atoms with Crippen LogP contribution >= 0.6 is 0 Å². The maximum atomic E-state index is 13.1. The maximum absolute atomic E-state index is 13.1. The monoisotopic (exact) mass is 291 g/mol. The minimum Gasteiger partial charge on any atom is -0.313 e. The number of rotatable bonds is 7. The van der Waals surface area contributed by atoms with E-state index in [0.29, 0.717) is 6.42 Å². The second-order valence-corrected chi connectivity index (χ2v) is 6.45.